The zero-order valence-corrected chi connectivity index (χ0v) is 21.4. The molecular formula is C15H39Cl6N3. The fourth-order valence-corrected chi connectivity index (χ4v) is 2.28. The van der Waals surface area contributed by atoms with Crippen LogP contribution in [0.4, 0.5) is 0 Å². The van der Waals surface area contributed by atoms with E-state index in [0.717, 1.165) is 50.7 Å². The highest BCUT2D eigenvalue weighted by Crippen LogP contribution is 1.90. The van der Waals surface area contributed by atoms with Crippen molar-refractivity contribution in [3.8, 4) is 0 Å². The number of rotatable bonds is 6. The molecule has 0 fully saturated rings. The van der Waals surface area contributed by atoms with E-state index < -0.39 is 0 Å². The molecule has 0 spiro atoms. The largest absolute Gasteiger partial charge is 1.00 e. The molecule has 0 radical (unpaired) electrons. The lowest BCUT2D eigenvalue weighted by atomic mass is 10.6. The highest BCUT2D eigenvalue weighted by atomic mass is 35.5. The molecule has 0 saturated heterocycles. The van der Waals surface area contributed by atoms with Crippen molar-refractivity contribution in [1.29, 1.82) is 0 Å². The van der Waals surface area contributed by atoms with Gasteiger partial charge < -0.3 is 50.7 Å². The normalized spacial score (nSPS) is 10.5. The summed E-state index contributed by atoms with van der Waals surface area (Å²) in [5.41, 5.74) is 0. The average Bonchev–Trinajstić information content (AvgIpc) is 2.12. The van der Waals surface area contributed by atoms with E-state index in [1.54, 1.807) is 0 Å². The molecule has 0 saturated carbocycles. The number of halogens is 6. The van der Waals surface area contributed by atoms with Crippen LogP contribution in [0.3, 0.4) is 0 Å². The molecule has 0 bridgehead atoms. The van der Waals surface area contributed by atoms with Crippen molar-refractivity contribution >= 4 is 34.8 Å². The molecule has 24 heavy (non-hydrogen) atoms. The van der Waals surface area contributed by atoms with E-state index in [1.807, 2.05) is 0 Å². The molecule has 0 aliphatic carbocycles. The van der Waals surface area contributed by atoms with E-state index in [2.05, 4.69) is 63.4 Å². The van der Waals surface area contributed by atoms with Gasteiger partial charge in [-0.15, -0.1) is 34.8 Å². The maximum Gasteiger partial charge on any atom is 0.0918 e. The van der Waals surface area contributed by atoms with E-state index in [1.165, 1.54) is 0 Å². The minimum Gasteiger partial charge on any atom is -1.00 e. The predicted octanol–water partition coefficient (Wildman–Crippen LogP) is -6.19. The van der Waals surface area contributed by atoms with Crippen molar-refractivity contribution in [1.82, 2.24) is 0 Å². The second kappa shape index (κ2) is 20.9. The van der Waals surface area contributed by atoms with Gasteiger partial charge in [-0.05, 0) is 0 Å². The van der Waals surface area contributed by atoms with Crippen LogP contribution in [0.2, 0.25) is 0 Å². The Morgan fingerprint density at radius 2 is 0.542 bits per heavy atom. The minimum atomic E-state index is 0. The molecule has 0 aliphatic heterocycles. The molecule has 0 unspecified atom stereocenters. The van der Waals surface area contributed by atoms with E-state index in [4.69, 9.17) is 34.8 Å². The van der Waals surface area contributed by atoms with Gasteiger partial charge in [0.25, 0.3) is 0 Å². The first kappa shape index (κ1) is 40.3. The van der Waals surface area contributed by atoms with Crippen molar-refractivity contribution in [2.45, 2.75) is 0 Å². The molecule has 0 atom stereocenters. The van der Waals surface area contributed by atoms with Gasteiger partial charge in [0.05, 0.1) is 101 Å². The molecule has 0 amide bonds. The van der Waals surface area contributed by atoms with Crippen LogP contribution >= 0.6 is 34.8 Å². The Bertz CT molecular complexity index is 185. The molecule has 0 aliphatic rings. The molecule has 0 aromatic rings. The zero-order valence-electron chi connectivity index (χ0n) is 16.9. The SMILES string of the molecule is C[N+](C)(C)CCCl.C[N+](C)(C)CCCl.C[N+](C)(C)CCCl.[Cl-].[Cl-].[Cl-]. The Morgan fingerprint density at radius 1 is 0.417 bits per heavy atom. The van der Waals surface area contributed by atoms with Gasteiger partial charge >= 0.3 is 0 Å². The zero-order chi connectivity index (χ0) is 17.7. The van der Waals surface area contributed by atoms with Crippen molar-refractivity contribution in [3.05, 3.63) is 0 Å². The molecule has 0 N–H and O–H groups in total. The number of nitrogens with zero attached hydrogens (tertiary/aromatic N) is 3. The first-order valence-corrected chi connectivity index (χ1v) is 8.88. The Kier molecular flexibility index (Phi) is 35.2. The Hall–Kier alpha value is 1.62. The smallest absolute Gasteiger partial charge is 0.0918 e. The lowest BCUT2D eigenvalue weighted by Gasteiger charge is -2.21. The van der Waals surface area contributed by atoms with E-state index >= 15 is 0 Å². The molecule has 9 heteroatoms. The summed E-state index contributed by atoms with van der Waals surface area (Å²) in [4.78, 5) is 0. The van der Waals surface area contributed by atoms with Gasteiger partial charge in [-0.1, -0.05) is 0 Å². The van der Waals surface area contributed by atoms with Crippen LogP contribution in [0.25, 0.3) is 0 Å². The lowest BCUT2D eigenvalue weighted by molar-refractivity contribution is -0.867. The van der Waals surface area contributed by atoms with Crippen molar-refractivity contribution < 1.29 is 50.7 Å². The lowest BCUT2D eigenvalue weighted by Crippen LogP contribution is -3.00. The summed E-state index contributed by atoms with van der Waals surface area (Å²) in [6, 6.07) is 0. The predicted molar refractivity (Wildman–Crippen MR) is 101 cm³/mol. The number of alkyl halides is 3. The molecule has 0 heterocycles. The molecule has 0 aromatic carbocycles. The molecule has 3 nitrogen and oxygen atoms in total. The van der Waals surface area contributed by atoms with Gasteiger partial charge in [0.2, 0.25) is 0 Å². The average molecular weight is 474 g/mol. The first-order valence-electron chi connectivity index (χ1n) is 7.28. The fourth-order valence-electron chi connectivity index (χ4n) is 0.761. The minimum absolute atomic E-state index is 0. The fraction of sp³-hybridized carbons (Fsp3) is 1.00. The third kappa shape index (κ3) is 65.1. The monoisotopic (exact) mass is 471 g/mol. The van der Waals surface area contributed by atoms with Crippen molar-refractivity contribution in [3.63, 3.8) is 0 Å². The number of hydrogen-bond acceptors (Lipinski definition) is 0. The third-order valence-electron chi connectivity index (χ3n) is 2.27. The van der Waals surface area contributed by atoms with E-state index in [9.17, 15) is 0 Å². The maximum atomic E-state index is 5.47. The summed E-state index contributed by atoms with van der Waals surface area (Å²) in [5.74, 6) is 2.26. The van der Waals surface area contributed by atoms with Crippen molar-refractivity contribution in [2.75, 3.05) is 101 Å². The molecule has 0 rings (SSSR count). The van der Waals surface area contributed by atoms with Crippen LogP contribution in [-0.4, -0.2) is 114 Å². The van der Waals surface area contributed by atoms with Gasteiger partial charge in [0.1, 0.15) is 0 Å². The first-order chi connectivity index (χ1) is 9.18. The van der Waals surface area contributed by atoms with Gasteiger partial charge in [-0.25, -0.2) is 0 Å². The van der Waals surface area contributed by atoms with E-state index in [0.29, 0.717) is 0 Å². The molecular weight excluding hydrogens is 435 g/mol. The Labute approximate surface area is 185 Å². The summed E-state index contributed by atoms with van der Waals surface area (Å²) in [6.45, 7) is 3.13. The van der Waals surface area contributed by atoms with Crippen LogP contribution in [0.5, 0.6) is 0 Å². The van der Waals surface area contributed by atoms with Gasteiger partial charge in [-0.3, -0.25) is 0 Å². The number of hydrogen-bond donors (Lipinski definition) is 0. The second-order valence-corrected chi connectivity index (χ2v) is 9.24. The van der Waals surface area contributed by atoms with Gasteiger partial charge in [0.15, 0.2) is 0 Å². The van der Waals surface area contributed by atoms with Gasteiger partial charge in [0, 0.05) is 0 Å². The number of quaternary nitrogens is 3. The Balaban J connectivity index is -0.0000000476. The van der Waals surface area contributed by atoms with Gasteiger partial charge in [-0.2, -0.15) is 0 Å². The quantitative estimate of drug-likeness (QED) is 0.266. The van der Waals surface area contributed by atoms with Crippen LogP contribution in [0, 0.1) is 0 Å². The Morgan fingerprint density at radius 3 is 0.542 bits per heavy atom. The summed E-state index contributed by atoms with van der Waals surface area (Å²) >= 11 is 16.4. The van der Waals surface area contributed by atoms with Crippen LogP contribution in [-0.2, 0) is 0 Å². The maximum absolute atomic E-state index is 5.47. The van der Waals surface area contributed by atoms with E-state index in [-0.39, 0.29) is 37.2 Å². The van der Waals surface area contributed by atoms with Crippen molar-refractivity contribution in [2.24, 2.45) is 0 Å². The van der Waals surface area contributed by atoms with Crippen LogP contribution in [0.15, 0.2) is 0 Å². The van der Waals surface area contributed by atoms with Crippen LogP contribution < -0.4 is 37.2 Å². The standard InChI is InChI=1S/3C5H13ClN.3ClH/c3*1-7(2,3)5-4-6;;;/h3*4-5H2,1-3H3;3*1H/q3*+1;;;/p-3. The highest BCUT2D eigenvalue weighted by molar-refractivity contribution is 6.18. The summed E-state index contributed by atoms with van der Waals surface area (Å²) in [5, 5.41) is 0. The third-order valence-corrected chi connectivity index (χ3v) is 2.77. The highest BCUT2D eigenvalue weighted by Gasteiger charge is 2.03. The second-order valence-electron chi connectivity index (χ2n) is 8.11. The summed E-state index contributed by atoms with van der Waals surface area (Å²) in [6.07, 6.45) is 0. The molecule has 0 aromatic heterocycles. The topological polar surface area (TPSA) is 0 Å². The summed E-state index contributed by atoms with van der Waals surface area (Å²) in [7, 11) is 19.1. The summed E-state index contributed by atoms with van der Waals surface area (Å²) < 4.78 is 2.89. The molecule has 156 valence electrons. The van der Waals surface area contributed by atoms with Crippen LogP contribution in [0.1, 0.15) is 0 Å².